The van der Waals surface area contributed by atoms with Crippen molar-refractivity contribution in [3.8, 4) is 12.3 Å². The van der Waals surface area contributed by atoms with Crippen LogP contribution in [0.4, 0.5) is 5.82 Å². The van der Waals surface area contributed by atoms with Crippen LogP contribution in [0.1, 0.15) is 58.7 Å². The third-order valence-corrected chi connectivity index (χ3v) is 3.29. The third-order valence-electron chi connectivity index (χ3n) is 3.29. The molecule has 0 aliphatic heterocycles. The van der Waals surface area contributed by atoms with Crippen molar-refractivity contribution in [1.29, 1.82) is 0 Å². The molecule has 0 unspecified atom stereocenters. The van der Waals surface area contributed by atoms with E-state index in [1.54, 1.807) is 0 Å². The third kappa shape index (κ3) is 5.77. The zero-order chi connectivity index (χ0) is 16.0. The quantitative estimate of drug-likeness (QED) is 0.811. The smallest absolute Gasteiger partial charge is 0.129 e. The number of nitrogens with one attached hydrogen (secondary N) is 1. The van der Waals surface area contributed by atoms with Gasteiger partial charge in [-0.2, -0.15) is 0 Å². The van der Waals surface area contributed by atoms with Gasteiger partial charge in [0, 0.05) is 24.3 Å². The van der Waals surface area contributed by atoms with E-state index >= 15 is 0 Å². The van der Waals surface area contributed by atoms with Crippen molar-refractivity contribution in [2.24, 2.45) is 0 Å². The maximum Gasteiger partial charge on any atom is 0.129 e. The van der Waals surface area contributed by atoms with Crippen molar-refractivity contribution >= 4 is 5.82 Å². The monoisotopic (exact) mass is 287 g/mol. The number of rotatable bonds is 6. The van der Waals surface area contributed by atoms with Crippen molar-refractivity contribution in [2.75, 3.05) is 18.0 Å². The summed E-state index contributed by atoms with van der Waals surface area (Å²) < 4.78 is 0. The van der Waals surface area contributed by atoms with Crippen LogP contribution in [0.5, 0.6) is 0 Å². The predicted octanol–water partition coefficient (Wildman–Crippen LogP) is 3.55. The van der Waals surface area contributed by atoms with E-state index in [9.17, 15) is 0 Å². The summed E-state index contributed by atoms with van der Waals surface area (Å²) in [5.41, 5.74) is 2.48. The molecule has 0 bridgehead atoms. The Morgan fingerprint density at radius 2 is 2.00 bits per heavy atom. The van der Waals surface area contributed by atoms with E-state index in [0.717, 1.165) is 24.6 Å². The molecule has 0 spiro atoms. The number of nitrogens with zero attached hydrogens (tertiary/aromatic N) is 2. The minimum atomic E-state index is 0.102. The fourth-order valence-corrected chi connectivity index (χ4v) is 1.99. The Morgan fingerprint density at radius 1 is 1.33 bits per heavy atom. The minimum absolute atomic E-state index is 0.102. The first-order valence-electron chi connectivity index (χ1n) is 7.71. The summed E-state index contributed by atoms with van der Waals surface area (Å²) in [6.45, 7) is 15.3. The Morgan fingerprint density at radius 3 is 2.48 bits per heavy atom. The highest BCUT2D eigenvalue weighted by Gasteiger charge is 2.13. The van der Waals surface area contributed by atoms with E-state index in [1.165, 1.54) is 5.56 Å². The molecule has 0 aromatic carbocycles. The lowest BCUT2D eigenvalue weighted by molar-refractivity contribution is 0.424. The minimum Gasteiger partial charge on any atom is -0.346 e. The molecule has 1 rings (SSSR count). The molecule has 0 aliphatic rings. The molecule has 0 aliphatic carbocycles. The Balaban J connectivity index is 3.08. The van der Waals surface area contributed by atoms with Crippen LogP contribution in [0.15, 0.2) is 12.1 Å². The summed E-state index contributed by atoms with van der Waals surface area (Å²) >= 11 is 0. The summed E-state index contributed by atoms with van der Waals surface area (Å²) in [5, 5.41) is 3.53. The second kappa shape index (κ2) is 7.47. The first-order valence-corrected chi connectivity index (χ1v) is 7.71. The SMILES string of the molecule is C#CCN(CC)c1cc(CNC(C)(C)C)cc(C(C)C)n1. The standard InChI is InChI=1S/C18H29N3/c1-8-10-21(9-2)17-12-15(13-19-18(5,6)7)11-16(20-17)14(3)4/h1,11-12,14,19H,9-10,13H2,2-7H3. The number of pyridine rings is 1. The van der Waals surface area contributed by atoms with Crippen LogP contribution in [0.3, 0.4) is 0 Å². The van der Waals surface area contributed by atoms with Gasteiger partial charge in [0.25, 0.3) is 0 Å². The largest absolute Gasteiger partial charge is 0.346 e. The Bertz CT molecular complexity index is 492. The molecule has 0 amide bonds. The lowest BCUT2D eigenvalue weighted by atomic mass is 10.1. The highest BCUT2D eigenvalue weighted by molar-refractivity contribution is 5.44. The number of hydrogen-bond donors (Lipinski definition) is 1. The zero-order valence-electron chi connectivity index (χ0n) is 14.3. The molecule has 0 atom stereocenters. The van der Waals surface area contributed by atoms with Crippen LogP contribution in [-0.2, 0) is 6.54 Å². The average Bonchev–Trinajstić information content (AvgIpc) is 2.41. The van der Waals surface area contributed by atoms with Crippen molar-refractivity contribution in [3.05, 3.63) is 23.4 Å². The second-order valence-corrected chi connectivity index (χ2v) is 6.74. The Labute approximate surface area is 130 Å². The fraction of sp³-hybridized carbons (Fsp3) is 0.611. The van der Waals surface area contributed by atoms with Crippen LogP contribution in [0, 0.1) is 12.3 Å². The zero-order valence-corrected chi connectivity index (χ0v) is 14.3. The van der Waals surface area contributed by atoms with Crippen LogP contribution in [0.25, 0.3) is 0 Å². The first-order chi connectivity index (χ1) is 9.76. The maximum absolute atomic E-state index is 5.46. The number of anilines is 1. The van der Waals surface area contributed by atoms with Gasteiger partial charge >= 0.3 is 0 Å². The summed E-state index contributed by atoms with van der Waals surface area (Å²) in [7, 11) is 0. The number of hydrogen-bond acceptors (Lipinski definition) is 3. The summed E-state index contributed by atoms with van der Waals surface area (Å²) in [5.74, 6) is 4.10. The van der Waals surface area contributed by atoms with Gasteiger partial charge in [-0.3, -0.25) is 0 Å². The second-order valence-electron chi connectivity index (χ2n) is 6.74. The molecule has 1 heterocycles. The van der Waals surface area contributed by atoms with E-state index in [2.05, 4.69) is 69.8 Å². The molecule has 0 fully saturated rings. The molecule has 0 saturated carbocycles. The average molecular weight is 287 g/mol. The summed E-state index contributed by atoms with van der Waals surface area (Å²) in [6.07, 6.45) is 5.46. The van der Waals surface area contributed by atoms with E-state index in [4.69, 9.17) is 11.4 Å². The number of terminal acetylenes is 1. The van der Waals surface area contributed by atoms with Crippen molar-refractivity contribution < 1.29 is 0 Å². The highest BCUT2D eigenvalue weighted by Crippen LogP contribution is 2.20. The van der Waals surface area contributed by atoms with Gasteiger partial charge < -0.3 is 10.2 Å². The molecular weight excluding hydrogens is 258 g/mol. The summed E-state index contributed by atoms with van der Waals surface area (Å²) in [6, 6.07) is 4.34. The lowest BCUT2D eigenvalue weighted by Gasteiger charge is -2.24. The molecule has 1 aromatic heterocycles. The molecule has 0 radical (unpaired) electrons. The van der Waals surface area contributed by atoms with Gasteiger partial charge in [-0.1, -0.05) is 19.8 Å². The van der Waals surface area contributed by atoms with Gasteiger partial charge in [0.2, 0.25) is 0 Å². The fourth-order valence-electron chi connectivity index (χ4n) is 1.99. The van der Waals surface area contributed by atoms with Crippen LogP contribution >= 0.6 is 0 Å². The first kappa shape index (κ1) is 17.5. The highest BCUT2D eigenvalue weighted by atomic mass is 15.2. The van der Waals surface area contributed by atoms with Crippen molar-refractivity contribution in [1.82, 2.24) is 10.3 Å². The van der Waals surface area contributed by atoms with Crippen molar-refractivity contribution in [2.45, 2.75) is 59.5 Å². The molecular formula is C18H29N3. The molecule has 3 nitrogen and oxygen atoms in total. The van der Waals surface area contributed by atoms with Gasteiger partial charge in [0.15, 0.2) is 0 Å². The van der Waals surface area contributed by atoms with Gasteiger partial charge in [0.05, 0.1) is 6.54 Å². The molecule has 116 valence electrons. The molecule has 1 aromatic rings. The summed E-state index contributed by atoms with van der Waals surface area (Å²) in [4.78, 5) is 6.90. The van der Waals surface area contributed by atoms with E-state index in [-0.39, 0.29) is 5.54 Å². The topological polar surface area (TPSA) is 28.2 Å². The maximum atomic E-state index is 5.46. The molecule has 3 heteroatoms. The van der Waals surface area contributed by atoms with E-state index in [0.29, 0.717) is 12.5 Å². The Kier molecular flexibility index (Phi) is 6.23. The van der Waals surface area contributed by atoms with Crippen molar-refractivity contribution in [3.63, 3.8) is 0 Å². The van der Waals surface area contributed by atoms with Gasteiger partial charge in [-0.05, 0) is 51.3 Å². The molecule has 0 saturated heterocycles. The van der Waals surface area contributed by atoms with Gasteiger partial charge in [0.1, 0.15) is 5.82 Å². The van der Waals surface area contributed by atoms with Crippen LogP contribution < -0.4 is 10.2 Å². The van der Waals surface area contributed by atoms with Crippen LogP contribution in [-0.4, -0.2) is 23.6 Å². The van der Waals surface area contributed by atoms with Crippen LogP contribution in [0.2, 0.25) is 0 Å². The lowest BCUT2D eigenvalue weighted by Crippen LogP contribution is -2.35. The van der Waals surface area contributed by atoms with E-state index < -0.39 is 0 Å². The van der Waals surface area contributed by atoms with Gasteiger partial charge in [-0.15, -0.1) is 6.42 Å². The Hall–Kier alpha value is -1.53. The van der Waals surface area contributed by atoms with Gasteiger partial charge in [-0.25, -0.2) is 4.98 Å². The molecule has 21 heavy (non-hydrogen) atoms. The normalized spacial score (nSPS) is 11.5. The van der Waals surface area contributed by atoms with E-state index in [1.807, 2.05) is 0 Å². The predicted molar refractivity (Wildman–Crippen MR) is 91.6 cm³/mol. The molecule has 1 N–H and O–H groups in total. The number of aromatic nitrogens is 1.